The molecule has 2 rings (SSSR count). The van der Waals surface area contributed by atoms with Crippen LogP contribution in [0, 0.1) is 0 Å². The molecule has 25 heavy (non-hydrogen) atoms. The van der Waals surface area contributed by atoms with Crippen LogP contribution in [-0.4, -0.2) is 56.1 Å². The highest BCUT2D eigenvalue weighted by Gasteiger charge is 2.23. The van der Waals surface area contributed by atoms with Gasteiger partial charge in [0.15, 0.2) is 5.96 Å². The van der Waals surface area contributed by atoms with E-state index >= 15 is 0 Å². The molecule has 1 aliphatic heterocycles. The van der Waals surface area contributed by atoms with Crippen molar-refractivity contribution in [1.82, 2.24) is 15.5 Å². The monoisotopic (exact) mass is 382 g/mol. The van der Waals surface area contributed by atoms with Crippen LogP contribution in [0.1, 0.15) is 37.3 Å². The van der Waals surface area contributed by atoms with E-state index in [1.54, 1.807) is 0 Å². The minimum Gasteiger partial charge on any atom is -0.356 e. The second-order valence-corrected chi connectivity index (χ2v) is 7.82. The molecule has 0 radical (unpaired) electrons. The van der Waals surface area contributed by atoms with Crippen molar-refractivity contribution in [3.63, 3.8) is 0 Å². The normalized spacial score (nSPS) is 16.8. The Morgan fingerprint density at radius 3 is 2.76 bits per heavy atom. The minimum atomic E-state index is 0.330. The molecule has 0 aliphatic carbocycles. The van der Waals surface area contributed by atoms with E-state index < -0.39 is 0 Å². The van der Waals surface area contributed by atoms with Gasteiger partial charge in [0.25, 0.3) is 0 Å². The van der Waals surface area contributed by atoms with Crippen LogP contribution in [-0.2, 0) is 0 Å². The molecule has 1 fully saturated rings. The Kier molecular flexibility index (Phi) is 9.51. The molecule has 0 amide bonds. The van der Waals surface area contributed by atoms with E-state index in [2.05, 4.69) is 38.9 Å². The number of likely N-dealkylation sites (tertiary alicyclic amines) is 1. The first-order valence-electron chi connectivity index (χ1n) is 9.17. The molecule has 0 spiro atoms. The molecule has 2 N–H and O–H groups in total. The number of nitrogens with zero attached hydrogens (tertiary/aromatic N) is 2. The van der Waals surface area contributed by atoms with Gasteiger partial charge in [-0.3, -0.25) is 9.89 Å². The number of nitrogens with one attached hydrogen (secondary N) is 2. The van der Waals surface area contributed by atoms with Crippen LogP contribution in [0.5, 0.6) is 0 Å². The summed E-state index contributed by atoms with van der Waals surface area (Å²) in [5.74, 6) is 2.11. The molecule has 0 aromatic heterocycles. The Morgan fingerprint density at radius 1 is 1.28 bits per heavy atom. The van der Waals surface area contributed by atoms with Crippen molar-refractivity contribution in [2.75, 3.05) is 45.2 Å². The van der Waals surface area contributed by atoms with Crippen molar-refractivity contribution >= 4 is 29.3 Å². The third-order valence-corrected chi connectivity index (χ3v) is 5.50. The third kappa shape index (κ3) is 7.08. The topological polar surface area (TPSA) is 39.7 Å². The van der Waals surface area contributed by atoms with Gasteiger partial charge in [0, 0.05) is 25.2 Å². The third-order valence-electron chi connectivity index (χ3n) is 4.57. The van der Waals surface area contributed by atoms with Crippen molar-refractivity contribution < 1.29 is 0 Å². The Bertz CT molecular complexity index is 532. The molecule has 1 aromatic rings. The number of thioether (sulfide) groups is 1. The summed E-state index contributed by atoms with van der Waals surface area (Å²) in [6.45, 7) is 4.11. The minimum absolute atomic E-state index is 0.330. The van der Waals surface area contributed by atoms with E-state index in [1.807, 2.05) is 30.9 Å². The average molecular weight is 383 g/mol. The van der Waals surface area contributed by atoms with E-state index in [1.165, 1.54) is 37.0 Å². The van der Waals surface area contributed by atoms with Crippen LogP contribution >= 0.6 is 23.4 Å². The first-order valence-corrected chi connectivity index (χ1v) is 10.9. The predicted octanol–water partition coefficient (Wildman–Crippen LogP) is 3.79. The zero-order valence-electron chi connectivity index (χ0n) is 15.4. The highest BCUT2D eigenvalue weighted by Crippen LogP contribution is 2.26. The Balaban J connectivity index is 1.90. The van der Waals surface area contributed by atoms with Crippen LogP contribution in [0.4, 0.5) is 0 Å². The van der Waals surface area contributed by atoms with Gasteiger partial charge in [0.2, 0.25) is 0 Å². The molecule has 0 bridgehead atoms. The summed E-state index contributed by atoms with van der Waals surface area (Å²) in [7, 11) is 1.83. The number of halogens is 1. The summed E-state index contributed by atoms with van der Waals surface area (Å²) in [6, 6.07) is 8.57. The number of hydrogen-bond donors (Lipinski definition) is 2. The van der Waals surface area contributed by atoms with Gasteiger partial charge in [-0.2, -0.15) is 11.8 Å². The molecular weight excluding hydrogens is 352 g/mol. The van der Waals surface area contributed by atoms with Crippen molar-refractivity contribution in [1.29, 1.82) is 0 Å². The molecule has 1 aliphatic rings. The van der Waals surface area contributed by atoms with Crippen molar-refractivity contribution in [2.24, 2.45) is 4.99 Å². The average Bonchev–Trinajstić information content (AvgIpc) is 3.14. The quantitative estimate of drug-likeness (QED) is 0.387. The Hall–Kier alpha value is -0.910. The van der Waals surface area contributed by atoms with Gasteiger partial charge in [-0.25, -0.2) is 0 Å². The molecular formula is C19H31ClN4S. The fourth-order valence-corrected chi connectivity index (χ4v) is 3.91. The van der Waals surface area contributed by atoms with Gasteiger partial charge in [-0.1, -0.05) is 23.7 Å². The number of benzene rings is 1. The van der Waals surface area contributed by atoms with Crippen LogP contribution in [0.3, 0.4) is 0 Å². The zero-order chi connectivity index (χ0) is 17.9. The van der Waals surface area contributed by atoms with Crippen molar-refractivity contribution in [3.05, 3.63) is 34.9 Å². The molecule has 0 saturated carbocycles. The predicted molar refractivity (Wildman–Crippen MR) is 112 cm³/mol. The maximum Gasteiger partial charge on any atom is 0.191 e. The largest absolute Gasteiger partial charge is 0.356 e. The van der Waals surface area contributed by atoms with Crippen LogP contribution in [0.2, 0.25) is 5.02 Å². The molecule has 1 unspecified atom stereocenters. The van der Waals surface area contributed by atoms with Crippen LogP contribution in [0.15, 0.2) is 29.3 Å². The van der Waals surface area contributed by atoms with Gasteiger partial charge in [0.1, 0.15) is 0 Å². The molecule has 1 aromatic carbocycles. The number of aliphatic imine (C=N–C) groups is 1. The van der Waals surface area contributed by atoms with Gasteiger partial charge in [-0.05, 0) is 68.5 Å². The highest BCUT2D eigenvalue weighted by atomic mass is 35.5. The van der Waals surface area contributed by atoms with E-state index in [-0.39, 0.29) is 0 Å². The lowest BCUT2D eigenvalue weighted by Gasteiger charge is -2.29. The van der Waals surface area contributed by atoms with E-state index in [0.717, 1.165) is 37.2 Å². The van der Waals surface area contributed by atoms with E-state index in [4.69, 9.17) is 11.6 Å². The molecule has 1 saturated heterocycles. The van der Waals surface area contributed by atoms with E-state index in [0.29, 0.717) is 6.04 Å². The summed E-state index contributed by atoms with van der Waals surface area (Å²) in [6.07, 6.45) is 7.12. The van der Waals surface area contributed by atoms with Gasteiger partial charge in [-0.15, -0.1) is 0 Å². The SMILES string of the molecule is CN=C(NCCCCSC)NCC(c1cccc(Cl)c1)N1CCCC1. The standard InChI is InChI=1S/C19H31ClN4S/c1-21-19(22-10-3-6-13-25-2)23-15-18(24-11-4-5-12-24)16-8-7-9-17(20)14-16/h7-9,14,18H,3-6,10-13,15H2,1-2H3,(H2,21,22,23). The van der Waals surface area contributed by atoms with Gasteiger partial charge < -0.3 is 10.6 Å². The molecule has 140 valence electrons. The maximum atomic E-state index is 6.22. The lowest BCUT2D eigenvalue weighted by atomic mass is 10.1. The molecule has 4 nitrogen and oxygen atoms in total. The second-order valence-electron chi connectivity index (χ2n) is 6.39. The summed E-state index contributed by atoms with van der Waals surface area (Å²) in [5, 5.41) is 7.73. The fourth-order valence-electron chi connectivity index (χ4n) is 3.22. The first-order chi connectivity index (χ1) is 12.2. The fraction of sp³-hybridized carbons (Fsp3) is 0.632. The number of rotatable bonds is 9. The molecule has 6 heteroatoms. The zero-order valence-corrected chi connectivity index (χ0v) is 17.0. The highest BCUT2D eigenvalue weighted by molar-refractivity contribution is 7.98. The molecule has 1 heterocycles. The number of hydrogen-bond acceptors (Lipinski definition) is 3. The first kappa shape index (κ1) is 20.4. The number of unbranched alkanes of at least 4 members (excludes halogenated alkanes) is 1. The van der Waals surface area contributed by atoms with Gasteiger partial charge >= 0.3 is 0 Å². The molecule has 1 atom stereocenters. The van der Waals surface area contributed by atoms with Crippen molar-refractivity contribution in [2.45, 2.75) is 31.7 Å². The Labute approximate surface area is 161 Å². The van der Waals surface area contributed by atoms with Gasteiger partial charge in [0.05, 0.1) is 6.04 Å². The smallest absolute Gasteiger partial charge is 0.191 e. The van der Waals surface area contributed by atoms with Crippen LogP contribution in [0.25, 0.3) is 0 Å². The maximum absolute atomic E-state index is 6.22. The number of guanidine groups is 1. The van der Waals surface area contributed by atoms with Crippen molar-refractivity contribution in [3.8, 4) is 0 Å². The second kappa shape index (κ2) is 11.7. The lowest BCUT2D eigenvalue weighted by Crippen LogP contribution is -2.43. The van der Waals surface area contributed by atoms with E-state index in [9.17, 15) is 0 Å². The lowest BCUT2D eigenvalue weighted by molar-refractivity contribution is 0.245. The summed E-state index contributed by atoms with van der Waals surface area (Å²) in [4.78, 5) is 6.91. The summed E-state index contributed by atoms with van der Waals surface area (Å²) >= 11 is 8.12. The Morgan fingerprint density at radius 2 is 2.08 bits per heavy atom. The summed E-state index contributed by atoms with van der Waals surface area (Å²) in [5.41, 5.74) is 1.28. The van der Waals surface area contributed by atoms with Crippen LogP contribution < -0.4 is 10.6 Å². The summed E-state index contributed by atoms with van der Waals surface area (Å²) < 4.78 is 0.